The van der Waals surface area contributed by atoms with Crippen LogP contribution in [0.1, 0.15) is 43.9 Å². The van der Waals surface area contributed by atoms with Gasteiger partial charge in [-0.2, -0.15) is 0 Å². The molecule has 3 nitrogen and oxygen atoms in total. The maximum Gasteiger partial charge on any atom is 0.134 e. The van der Waals surface area contributed by atoms with Crippen molar-refractivity contribution >= 4 is 11.0 Å². The summed E-state index contributed by atoms with van der Waals surface area (Å²) in [5.41, 5.74) is 8.11. The Labute approximate surface area is 127 Å². The predicted molar refractivity (Wildman–Crippen MR) is 87.0 cm³/mol. The lowest BCUT2D eigenvalue weighted by atomic mass is 9.98. The average molecular weight is 286 g/mol. The third-order valence-corrected chi connectivity index (χ3v) is 4.87. The molecule has 1 fully saturated rings. The highest BCUT2D eigenvalue weighted by molar-refractivity contribution is 5.82. The van der Waals surface area contributed by atoms with Crippen molar-refractivity contribution in [2.24, 2.45) is 11.7 Å². The lowest BCUT2D eigenvalue weighted by Gasteiger charge is -2.19. The number of rotatable bonds is 4. The van der Waals surface area contributed by atoms with Gasteiger partial charge in [-0.25, -0.2) is 0 Å². The number of benzene rings is 1. The number of fused-ring (bicyclic) bond motifs is 1. The summed E-state index contributed by atoms with van der Waals surface area (Å²) in [5.74, 6) is 1.97. The summed E-state index contributed by atoms with van der Waals surface area (Å²) in [7, 11) is 0. The van der Waals surface area contributed by atoms with Gasteiger partial charge in [0.2, 0.25) is 0 Å². The van der Waals surface area contributed by atoms with Gasteiger partial charge in [0.05, 0.1) is 6.54 Å². The molecule has 1 unspecified atom stereocenters. The first-order chi connectivity index (χ1) is 10.3. The Hall–Kier alpha value is -1.32. The topological polar surface area (TPSA) is 42.4 Å². The molecular weight excluding hydrogens is 260 g/mol. The molecule has 2 heterocycles. The van der Waals surface area contributed by atoms with E-state index in [1.54, 1.807) is 0 Å². The Morgan fingerprint density at radius 1 is 1.24 bits per heavy atom. The maximum absolute atomic E-state index is 6.07. The van der Waals surface area contributed by atoms with Crippen LogP contribution in [0.5, 0.6) is 0 Å². The van der Waals surface area contributed by atoms with Crippen molar-refractivity contribution in [1.29, 1.82) is 0 Å². The van der Waals surface area contributed by atoms with Gasteiger partial charge in [0, 0.05) is 17.5 Å². The standard InChI is InChI=1S/C18H26N2O/c1-2-14-6-5-10-20(11-9-14)13-18-16(12-19)15-7-3-4-8-17(15)21-18/h3-4,7-8,14H,2,5-6,9-13,19H2,1H3. The van der Waals surface area contributed by atoms with Crippen molar-refractivity contribution < 1.29 is 4.42 Å². The van der Waals surface area contributed by atoms with E-state index in [4.69, 9.17) is 10.2 Å². The lowest BCUT2D eigenvalue weighted by Crippen LogP contribution is -2.24. The van der Waals surface area contributed by atoms with E-state index >= 15 is 0 Å². The highest BCUT2D eigenvalue weighted by atomic mass is 16.3. The predicted octanol–water partition coefficient (Wildman–Crippen LogP) is 3.90. The number of likely N-dealkylation sites (tertiary alicyclic amines) is 1. The number of hydrogen-bond donors (Lipinski definition) is 1. The SMILES string of the molecule is CCC1CCCN(Cc2oc3ccccc3c2CN)CC1. The third kappa shape index (κ3) is 3.14. The van der Waals surface area contributed by atoms with Gasteiger partial charge in [0.15, 0.2) is 0 Å². The second-order valence-electron chi connectivity index (χ2n) is 6.19. The molecule has 1 aliphatic rings. The quantitative estimate of drug-likeness (QED) is 0.926. The monoisotopic (exact) mass is 286 g/mol. The minimum absolute atomic E-state index is 0.553. The summed E-state index contributed by atoms with van der Waals surface area (Å²) in [5, 5.41) is 1.18. The van der Waals surface area contributed by atoms with Gasteiger partial charge in [-0.05, 0) is 44.3 Å². The van der Waals surface area contributed by atoms with Gasteiger partial charge in [0.25, 0.3) is 0 Å². The lowest BCUT2D eigenvalue weighted by molar-refractivity contribution is 0.251. The number of furan rings is 1. The van der Waals surface area contributed by atoms with Gasteiger partial charge in [-0.1, -0.05) is 31.5 Å². The molecule has 114 valence electrons. The molecule has 3 rings (SSSR count). The number of nitrogens with two attached hydrogens (primary N) is 1. The van der Waals surface area contributed by atoms with E-state index in [0.29, 0.717) is 6.54 Å². The van der Waals surface area contributed by atoms with E-state index in [9.17, 15) is 0 Å². The fourth-order valence-corrected chi connectivity index (χ4v) is 3.50. The zero-order chi connectivity index (χ0) is 14.7. The summed E-state index contributed by atoms with van der Waals surface area (Å²) in [6.45, 7) is 6.12. The van der Waals surface area contributed by atoms with Crippen LogP contribution >= 0.6 is 0 Å². The van der Waals surface area contributed by atoms with Crippen LogP contribution in [0.25, 0.3) is 11.0 Å². The minimum Gasteiger partial charge on any atom is -0.459 e. The zero-order valence-corrected chi connectivity index (χ0v) is 13.0. The van der Waals surface area contributed by atoms with Crippen LogP contribution in [0.3, 0.4) is 0 Å². The molecule has 1 atom stereocenters. The maximum atomic E-state index is 6.07. The summed E-state index contributed by atoms with van der Waals surface area (Å²) in [4.78, 5) is 2.53. The molecule has 0 amide bonds. The van der Waals surface area contributed by atoms with Crippen LogP contribution in [0.15, 0.2) is 28.7 Å². The van der Waals surface area contributed by atoms with E-state index in [0.717, 1.165) is 23.8 Å². The largest absolute Gasteiger partial charge is 0.459 e. The summed E-state index contributed by atoms with van der Waals surface area (Å²) < 4.78 is 6.07. The van der Waals surface area contributed by atoms with E-state index in [2.05, 4.69) is 24.0 Å². The Morgan fingerprint density at radius 2 is 2.10 bits per heavy atom. The van der Waals surface area contributed by atoms with E-state index < -0.39 is 0 Å². The molecule has 0 spiro atoms. The molecule has 0 aliphatic carbocycles. The first-order valence-electron chi connectivity index (χ1n) is 8.23. The Kier molecular flexibility index (Phi) is 4.61. The highest BCUT2D eigenvalue weighted by Gasteiger charge is 2.19. The van der Waals surface area contributed by atoms with Crippen LogP contribution in [0.4, 0.5) is 0 Å². The third-order valence-electron chi connectivity index (χ3n) is 4.87. The molecule has 1 aromatic heterocycles. The van der Waals surface area contributed by atoms with E-state index in [1.807, 2.05) is 12.1 Å². The Morgan fingerprint density at radius 3 is 2.90 bits per heavy atom. The highest BCUT2D eigenvalue weighted by Crippen LogP contribution is 2.28. The van der Waals surface area contributed by atoms with Crippen LogP contribution < -0.4 is 5.73 Å². The van der Waals surface area contributed by atoms with Crippen LogP contribution in [-0.2, 0) is 13.1 Å². The van der Waals surface area contributed by atoms with Crippen molar-refractivity contribution in [2.75, 3.05) is 13.1 Å². The molecule has 1 saturated heterocycles. The minimum atomic E-state index is 0.553. The van der Waals surface area contributed by atoms with E-state index in [1.165, 1.54) is 49.7 Å². The van der Waals surface area contributed by atoms with Crippen molar-refractivity contribution in [3.8, 4) is 0 Å². The number of para-hydroxylation sites is 1. The van der Waals surface area contributed by atoms with Gasteiger partial charge in [-0.3, -0.25) is 4.90 Å². The second kappa shape index (κ2) is 6.63. The molecular formula is C18H26N2O. The van der Waals surface area contributed by atoms with Gasteiger partial charge in [0.1, 0.15) is 11.3 Å². The van der Waals surface area contributed by atoms with Crippen molar-refractivity contribution in [3.63, 3.8) is 0 Å². The van der Waals surface area contributed by atoms with Crippen molar-refractivity contribution in [3.05, 3.63) is 35.6 Å². The van der Waals surface area contributed by atoms with Gasteiger partial charge in [-0.15, -0.1) is 0 Å². The van der Waals surface area contributed by atoms with Gasteiger partial charge < -0.3 is 10.2 Å². The zero-order valence-electron chi connectivity index (χ0n) is 13.0. The summed E-state index contributed by atoms with van der Waals surface area (Å²) in [6, 6.07) is 8.22. The first-order valence-corrected chi connectivity index (χ1v) is 8.23. The fraction of sp³-hybridized carbons (Fsp3) is 0.556. The number of nitrogens with zero attached hydrogens (tertiary/aromatic N) is 1. The second-order valence-corrected chi connectivity index (χ2v) is 6.19. The molecule has 2 N–H and O–H groups in total. The van der Waals surface area contributed by atoms with Crippen LogP contribution in [-0.4, -0.2) is 18.0 Å². The molecule has 3 heteroatoms. The molecule has 0 bridgehead atoms. The van der Waals surface area contributed by atoms with Crippen LogP contribution in [0, 0.1) is 5.92 Å². The van der Waals surface area contributed by atoms with Crippen LogP contribution in [0.2, 0.25) is 0 Å². The summed E-state index contributed by atoms with van der Waals surface area (Å²) >= 11 is 0. The smallest absolute Gasteiger partial charge is 0.134 e. The molecule has 21 heavy (non-hydrogen) atoms. The number of hydrogen-bond acceptors (Lipinski definition) is 3. The molecule has 2 aromatic rings. The summed E-state index contributed by atoms with van der Waals surface area (Å²) in [6.07, 6.45) is 5.30. The molecule has 0 radical (unpaired) electrons. The van der Waals surface area contributed by atoms with Crippen molar-refractivity contribution in [2.45, 2.75) is 45.7 Å². The van der Waals surface area contributed by atoms with E-state index in [-0.39, 0.29) is 0 Å². The van der Waals surface area contributed by atoms with Crippen molar-refractivity contribution in [1.82, 2.24) is 4.90 Å². The normalized spacial score (nSPS) is 20.8. The molecule has 1 aliphatic heterocycles. The molecule has 1 aromatic carbocycles. The average Bonchev–Trinajstić information content (AvgIpc) is 2.70. The first kappa shape index (κ1) is 14.6. The molecule has 0 saturated carbocycles. The Bertz CT molecular complexity index is 590. The van der Waals surface area contributed by atoms with Gasteiger partial charge >= 0.3 is 0 Å². The Balaban J connectivity index is 1.78. The fourth-order valence-electron chi connectivity index (χ4n) is 3.50.